The van der Waals surface area contributed by atoms with Crippen molar-refractivity contribution in [3.05, 3.63) is 53.5 Å². The number of amides is 1. The quantitative estimate of drug-likeness (QED) is 0.901. The third-order valence-electron chi connectivity index (χ3n) is 2.43. The topological polar surface area (TPSA) is 55.1 Å². The minimum atomic E-state index is -0.342. The maximum atomic E-state index is 12.7. The van der Waals surface area contributed by atoms with Crippen LogP contribution < -0.4 is 5.32 Å². The highest BCUT2D eigenvalue weighted by Gasteiger charge is 2.10. The zero-order valence-electron chi connectivity index (χ0n) is 9.94. The summed E-state index contributed by atoms with van der Waals surface area (Å²) in [5.74, 6) is 0.0496. The van der Waals surface area contributed by atoms with Crippen LogP contribution >= 0.6 is 0 Å². The van der Waals surface area contributed by atoms with E-state index in [4.69, 9.17) is 4.42 Å². The van der Waals surface area contributed by atoms with E-state index in [-0.39, 0.29) is 17.6 Å². The van der Waals surface area contributed by atoms with Crippen LogP contribution in [0.2, 0.25) is 0 Å². The highest BCUT2D eigenvalue weighted by atomic mass is 19.1. The van der Waals surface area contributed by atoms with E-state index in [1.165, 1.54) is 18.3 Å². The number of halogens is 1. The van der Waals surface area contributed by atoms with Crippen molar-refractivity contribution in [2.24, 2.45) is 0 Å². The Morgan fingerprint density at radius 2 is 2.11 bits per heavy atom. The van der Waals surface area contributed by atoms with Crippen molar-refractivity contribution in [1.82, 2.24) is 10.3 Å². The highest BCUT2D eigenvalue weighted by Crippen LogP contribution is 2.04. The van der Waals surface area contributed by atoms with Crippen LogP contribution in [0.1, 0.15) is 22.0 Å². The minimum Gasteiger partial charge on any atom is -0.438 e. The lowest BCUT2D eigenvalue weighted by atomic mass is 10.1. The summed E-state index contributed by atoms with van der Waals surface area (Å²) in [7, 11) is 0. The van der Waals surface area contributed by atoms with Crippen LogP contribution in [0.4, 0.5) is 4.39 Å². The number of aryl methyl sites for hydroxylation is 1. The molecule has 0 atom stereocenters. The maximum Gasteiger partial charge on any atom is 0.307 e. The summed E-state index contributed by atoms with van der Waals surface area (Å²) in [6.07, 6.45) is 2.13. The molecule has 1 amide bonds. The Balaban J connectivity index is 1.82. The zero-order chi connectivity index (χ0) is 13.0. The van der Waals surface area contributed by atoms with Crippen molar-refractivity contribution in [3.8, 4) is 0 Å². The lowest BCUT2D eigenvalue weighted by molar-refractivity contribution is 0.0918. The second-order valence-electron chi connectivity index (χ2n) is 3.91. The number of rotatable bonds is 4. The van der Waals surface area contributed by atoms with Crippen molar-refractivity contribution in [2.45, 2.75) is 13.3 Å². The Kier molecular flexibility index (Phi) is 3.72. The first-order valence-corrected chi connectivity index (χ1v) is 5.60. The number of nitrogens with zero attached hydrogens (tertiary/aromatic N) is 1. The molecule has 0 saturated heterocycles. The average Bonchev–Trinajstić information content (AvgIpc) is 2.78. The molecule has 0 spiro atoms. The summed E-state index contributed by atoms with van der Waals surface area (Å²) in [6.45, 7) is 2.17. The van der Waals surface area contributed by atoms with Crippen molar-refractivity contribution >= 4 is 5.91 Å². The van der Waals surface area contributed by atoms with E-state index in [1.54, 1.807) is 19.1 Å². The number of benzene rings is 1. The molecular weight excluding hydrogens is 235 g/mol. The van der Waals surface area contributed by atoms with E-state index in [0.29, 0.717) is 18.7 Å². The standard InChI is InChI=1S/C13H13FN2O2/c1-9-8-16-13(18-9)12(17)15-7-6-10-2-4-11(14)5-3-10/h2-5,8H,6-7H2,1H3,(H,15,17). The molecular formula is C13H13FN2O2. The maximum absolute atomic E-state index is 12.7. The van der Waals surface area contributed by atoms with E-state index in [1.807, 2.05) is 0 Å². The molecule has 0 unspecified atom stereocenters. The van der Waals surface area contributed by atoms with Gasteiger partial charge in [0, 0.05) is 6.54 Å². The van der Waals surface area contributed by atoms with Gasteiger partial charge in [0.25, 0.3) is 5.89 Å². The molecule has 1 aromatic carbocycles. The SMILES string of the molecule is Cc1cnc(C(=O)NCCc2ccc(F)cc2)o1. The Labute approximate surface area is 104 Å². The molecule has 0 aliphatic carbocycles. The number of oxazole rings is 1. The second-order valence-corrected chi connectivity index (χ2v) is 3.91. The highest BCUT2D eigenvalue weighted by molar-refractivity contribution is 5.89. The van der Waals surface area contributed by atoms with Crippen LogP contribution in [0.15, 0.2) is 34.9 Å². The number of carbonyl (C=O) groups is 1. The van der Waals surface area contributed by atoms with Crippen molar-refractivity contribution in [3.63, 3.8) is 0 Å². The van der Waals surface area contributed by atoms with E-state index in [0.717, 1.165) is 5.56 Å². The molecule has 0 bridgehead atoms. The molecule has 18 heavy (non-hydrogen) atoms. The summed E-state index contributed by atoms with van der Waals surface area (Å²) < 4.78 is 17.8. The predicted octanol–water partition coefficient (Wildman–Crippen LogP) is 2.09. The van der Waals surface area contributed by atoms with Crippen LogP contribution in [0, 0.1) is 12.7 Å². The molecule has 1 aromatic heterocycles. The van der Waals surface area contributed by atoms with E-state index in [9.17, 15) is 9.18 Å². The third kappa shape index (κ3) is 3.16. The van der Waals surface area contributed by atoms with Gasteiger partial charge in [-0.1, -0.05) is 12.1 Å². The zero-order valence-corrected chi connectivity index (χ0v) is 9.94. The van der Waals surface area contributed by atoms with E-state index >= 15 is 0 Å². The smallest absolute Gasteiger partial charge is 0.307 e. The lowest BCUT2D eigenvalue weighted by Gasteiger charge is -2.02. The number of hydrogen-bond donors (Lipinski definition) is 1. The Morgan fingerprint density at radius 3 is 2.72 bits per heavy atom. The van der Waals surface area contributed by atoms with Gasteiger partial charge in [-0.2, -0.15) is 0 Å². The summed E-state index contributed by atoms with van der Waals surface area (Å²) in [6, 6.07) is 6.18. The minimum absolute atomic E-state index is 0.0617. The van der Waals surface area contributed by atoms with Gasteiger partial charge in [0.1, 0.15) is 11.6 Å². The summed E-state index contributed by atoms with van der Waals surface area (Å²) in [5.41, 5.74) is 0.959. The number of nitrogens with one attached hydrogen (secondary N) is 1. The first kappa shape index (κ1) is 12.3. The Hall–Kier alpha value is -2.17. The monoisotopic (exact) mass is 248 g/mol. The van der Waals surface area contributed by atoms with Crippen LogP contribution in [0.25, 0.3) is 0 Å². The number of aromatic nitrogens is 1. The van der Waals surface area contributed by atoms with Gasteiger partial charge in [0.05, 0.1) is 6.20 Å². The molecule has 0 aliphatic rings. The molecule has 1 heterocycles. The van der Waals surface area contributed by atoms with E-state index in [2.05, 4.69) is 10.3 Å². The largest absolute Gasteiger partial charge is 0.438 e. The van der Waals surface area contributed by atoms with Crippen LogP contribution in [0.5, 0.6) is 0 Å². The molecule has 0 saturated carbocycles. The van der Waals surface area contributed by atoms with Crippen LogP contribution in [0.3, 0.4) is 0 Å². The molecule has 5 heteroatoms. The molecule has 2 aromatic rings. The van der Waals surface area contributed by atoms with Gasteiger partial charge in [-0.15, -0.1) is 0 Å². The molecule has 0 aliphatic heterocycles. The van der Waals surface area contributed by atoms with Gasteiger partial charge >= 0.3 is 5.91 Å². The second kappa shape index (κ2) is 5.44. The van der Waals surface area contributed by atoms with Gasteiger partial charge in [-0.05, 0) is 31.0 Å². The summed E-state index contributed by atoms with van der Waals surface area (Å²) in [4.78, 5) is 15.4. The van der Waals surface area contributed by atoms with Crippen molar-refractivity contribution in [1.29, 1.82) is 0 Å². The average molecular weight is 248 g/mol. The number of carbonyl (C=O) groups excluding carboxylic acids is 1. The molecule has 0 fully saturated rings. The van der Waals surface area contributed by atoms with Gasteiger partial charge in [-0.3, -0.25) is 4.79 Å². The van der Waals surface area contributed by atoms with Gasteiger partial charge in [-0.25, -0.2) is 9.37 Å². The van der Waals surface area contributed by atoms with Gasteiger partial charge < -0.3 is 9.73 Å². The Bertz CT molecular complexity index is 534. The molecule has 94 valence electrons. The fraction of sp³-hybridized carbons (Fsp3) is 0.231. The molecule has 0 radical (unpaired) electrons. The molecule has 1 N–H and O–H groups in total. The molecule has 2 rings (SSSR count). The van der Waals surface area contributed by atoms with Gasteiger partial charge in [0.15, 0.2) is 0 Å². The first-order valence-electron chi connectivity index (χ1n) is 5.60. The van der Waals surface area contributed by atoms with Crippen molar-refractivity contribution in [2.75, 3.05) is 6.54 Å². The van der Waals surface area contributed by atoms with Crippen LogP contribution in [-0.4, -0.2) is 17.4 Å². The van der Waals surface area contributed by atoms with Crippen molar-refractivity contribution < 1.29 is 13.6 Å². The molecule has 4 nitrogen and oxygen atoms in total. The fourth-order valence-electron chi connectivity index (χ4n) is 1.51. The van der Waals surface area contributed by atoms with Crippen LogP contribution in [-0.2, 0) is 6.42 Å². The first-order chi connectivity index (χ1) is 8.65. The summed E-state index contributed by atoms with van der Waals surface area (Å²) >= 11 is 0. The Morgan fingerprint density at radius 1 is 1.39 bits per heavy atom. The lowest BCUT2D eigenvalue weighted by Crippen LogP contribution is -2.25. The van der Waals surface area contributed by atoms with Gasteiger partial charge in [0.2, 0.25) is 0 Å². The normalized spacial score (nSPS) is 10.3. The predicted molar refractivity (Wildman–Crippen MR) is 63.7 cm³/mol. The van der Waals surface area contributed by atoms with E-state index < -0.39 is 0 Å². The summed E-state index contributed by atoms with van der Waals surface area (Å²) in [5, 5.41) is 2.69. The number of hydrogen-bond acceptors (Lipinski definition) is 3. The fourth-order valence-corrected chi connectivity index (χ4v) is 1.51. The third-order valence-corrected chi connectivity index (χ3v) is 2.43.